The van der Waals surface area contributed by atoms with Gasteiger partial charge in [-0.25, -0.2) is 0 Å². The molecule has 6 heteroatoms. The maximum atomic E-state index is 11.8. The number of thioether (sulfide) groups is 1. The molecule has 4 nitrogen and oxygen atoms in total. The summed E-state index contributed by atoms with van der Waals surface area (Å²) in [6.45, 7) is 1.90. The van der Waals surface area contributed by atoms with Crippen LogP contribution in [0.2, 0.25) is 5.02 Å². The summed E-state index contributed by atoms with van der Waals surface area (Å²) in [6, 6.07) is 10.4. The number of benzene rings is 1. The second kappa shape index (κ2) is 6.63. The van der Waals surface area contributed by atoms with E-state index in [9.17, 15) is 10.0 Å². The Hall–Kier alpha value is -1.72. The molecule has 0 saturated heterocycles. The van der Waals surface area contributed by atoms with Gasteiger partial charge in [0.15, 0.2) is 6.20 Å². The van der Waals surface area contributed by atoms with E-state index < -0.39 is 0 Å². The summed E-state index contributed by atoms with van der Waals surface area (Å²) in [5.74, 6) is -0.0173. The molecule has 0 radical (unpaired) electrons. The molecule has 0 unspecified atom stereocenters. The molecule has 1 aromatic carbocycles. The first-order valence-electron chi connectivity index (χ1n) is 5.93. The van der Waals surface area contributed by atoms with Gasteiger partial charge in [-0.2, -0.15) is 4.73 Å². The lowest BCUT2D eigenvalue weighted by Crippen LogP contribution is -2.28. The highest BCUT2D eigenvalue weighted by atomic mass is 35.5. The third kappa shape index (κ3) is 3.88. The zero-order chi connectivity index (χ0) is 14.5. The molecular weight excluding hydrogens is 296 g/mol. The van der Waals surface area contributed by atoms with Crippen LogP contribution in [-0.2, 0) is 4.79 Å². The lowest BCUT2D eigenvalue weighted by atomic mass is 10.2. The van der Waals surface area contributed by atoms with Gasteiger partial charge in [-0.3, -0.25) is 4.79 Å². The first-order chi connectivity index (χ1) is 9.56. The Labute approximate surface area is 126 Å². The molecule has 1 amide bonds. The SMILES string of the molecule is Cc1ccc(NC(=O)CSc2cccc[n+]2[O-])cc1Cl. The number of hydrogen-bond acceptors (Lipinski definition) is 3. The summed E-state index contributed by atoms with van der Waals surface area (Å²) in [5, 5.41) is 15.3. The molecule has 0 fully saturated rings. The van der Waals surface area contributed by atoms with Gasteiger partial charge < -0.3 is 10.5 Å². The number of anilines is 1. The van der Waals surface area contributed by atoms with Crippen molar-refractivity contribution >= 4 is 35.0 Å². The van der Waals surface area contributed by atoms with E-state index in [0.717, 1.165) is 10.3 Å². The predicted octanol–water partition coefficient (Wildman–Crippen LogP) is 3.01. The van der Waals surface area contributed by atoms with E-state index in [2.05, 4.69) is 5.32 Å². The average molecular weight is 309 g/mol. The number of rotatable bonds is 4. The predicted molar refractivity (Wildman–Crippen MR) is 80.9 cm³/mol. The molecule has 0 spiro atoms. The molecule has 1 N–H and O–H groups in total. The van der Waals surface area contributed by atoms with Crippen molar-refractivity contribution in [2.45, 2.75) is 11.9 Å². The van der Waals surface area contributed by atoms with E-state index >= 15 is 0 Å². The molecule has 0 aliphatic rings. The summed E-state index contributed by atoms with van der Waals surface area (Å²) in [6.07, 6.45) is 1.40. The molecule has 0 aliphatic heterocycles. The van der Waals surface area contributed by atoms with Gasteiger partial charge in [-0.15, -0.1) is 0 Å². The third-order valence-electron chi connectivity index (χ3n) is 2.60. The van der Waals surface area contributed by atoms with Crippen LogP contribution >= 0.6 is 23.4 Å². The summed E-state index contributed by atoms with van der Waals surface area (Å²) in [5.41, 5.74) is 1.60. The molecule has 2 rings (SSSR count). The number of pyridine rings is 1. The van der Waals surface area contributed by atoms with E-state index in [0.29, 0.717) is 15.7 Å². The van der Waals surface area contributed by atoms with Gasteiger partial charge in [-0.05, 0) is 42.4 Å². The van der Waals surface area contributed by atoms with Gasteiger partial charge in [0.05, 0.1) is 5.75 Å². The largest absolute Gasteiger partial charge is 0.618 e. The summed E-state index contributed by atoms with van der Waals surface area (Å²) in [4.78, 5) is 11.8. The highest BCUT2D eigenvalue weighted by Gasteiger charge is 2.09. The number of halogens is 1. The minimum absolute atomic E-state index is 0.164. The van der Waals surface area contributed by atoms with Gasteiger partial charge >= 0.3 is 0 Å². The molecule has 0 bridgehead atoms. The van der Waals surface area contributed by atoms with Crippen LogP contribution in [0.25, 0.3) is 0 Å². The second-order valence-corrected chi connectivity index (χ2v) is 5.57. The van der Waals surface area contributed by atoms with Crippen molar-refractivity contribution in [2.24, 2.45) is 0 Å². The maximum absolute atomic E-state index is 11.8. The molecule has 104 valence electrons. The molecule has 1 aromatic heterocycles. The standard InChI is InChI=1S/C14H13ClN2O2S/c1-10-5-6-11(8-12(10)15)16-13(18)9-20-14-4-2-3-7-17(14)19/h2-8H,9H2,1H3,(H,16,18). The fraction of sp³-hybridized carbons (Fsp3) is 0.143. The first kappa shape index (κ1) is 14.7. The molecule has 20 heavy (non-hydrogen) atoms. The van der Waals surface area contributed by atoms with Crippen molar-refractivity contribution in [1.29, 1.82) is 0 Å². The topological polar surface area (TPSA) is 56.0 Å². The zero-order valence-corrected chi connectivity index (χ0v) is 12.4. The minimum Gasteiger partial charge on any atom is -0.618 e. The van der Waals surface area contributed by atoms with Crippen LogP contribution in [0.3, 0.4) is 0 Å². The number of nitrogens with zero attached hydrogens (tertiary/aromatic N) is 1. The Kier molecular flexibility index (Phi) is 4.87. The van der Waals surface area contributed by atoms with Gasteiger partial charge in [-0.1, -0.05) is 17.7 Å². The summed E-state index contributed by atoms with van der Waals surface area (Å²) in [7, 11) is 0. The van der Waals surface area contributed by atoms with E-state index in [-0.39, 0.29) is 11.7 Å². The molecule has 0 aliphatic carbocycles. The lowest BCUT2D eigenvalue weighted by molar-refractivity contribution is -0.645. The highest BCUT2D eigenvalue weighted by molar-refractivity contribution is 7.99. The lowest BCUT2D eigenvalue weighted by Gasteiger charge is -2.07. The number of amides is 1. The Balaban J connectivity index is 1.93. The van der Waals surface area contributed by atoms with Gasteiger partial charge in [0, 0.05) is 22.8 Å². The Morgan fingerprint density at radius 2 is 2.20 bits per heavy atom. The maximum Gasteiger partial charge on any atom is 0.251 e. The van der Waals surface area contributed by atoms with E-state index in [4.69, 9.17) is 11.6 Å². The van der Waals surface area contributed by atoms with Crippen molar-refractivity contribution in [3.8, 4) is 0 Å². The van der Waals surface area contributed by atoms with Crippen LogP contribution in [0.4, 0.5) is 5.69 Å². The van der Waals surface area contributed by atoms with Crippen LogP contribution in [0.5, 0.6) is 0 Å². The van der Waals surface area contributed by atoms with Crippen LogP contribution in [0.15, 0.2) is 47.6 Å². The van der Waals surface area contributed by atoms with Crippen molar-refractivity contribution in [3.63, 3.8) is 0 Å². The van der Waals surface area contributed by atoms with Crippen molar-refractivity contribution in [1.82, 2.24) is 0 Å². The normalized spacial score (nSPS) is 10.3. The number of aromatic nitrogens is 1. The Morgan fingerprint density at radius 1 is 1.40 bits per heavy atom. The van der Waals surface area contributed by atoms with Crippen LogP contribution in [0, 0.1) is 12.1 Å². The number of hydrogen-bond donors (Lipinski definition) is 1. The average Bonchev–Trinajstić information content (AvgIpc) is 2.42. The molecule has 0 saturated carbocycles. The Morgan fingerprint density at radius 3 is 2.90 bits per heavy atom. The summed E-state index contributed by atoms with van der Waals surface area (Å²) >= 11 is 7.18. The monoisotopic (exact) mass is 308 g/mol. The summed E-state index contributed by atoms with van der Waals surface area (Å²) < 4.78 is 0.737. The number of nitrogens with one attached hydrogen (secondary N) is 1. The van der Waals surface area contributed by atoms with Crippen molar-refractivity contribution in [2.75, 3.05) is 11.1 Å². The fourth-order valence-electron chi connectivity index (χ4n) is 1.53. The first-order valence-corrected chi connectivity index (χ1v) is 7.29. The second-order valence-electron chi connectivity index (χ2n) is 4.17. The highest BCUT2D eigenvalue weighted by Crippen LogP contribution is 2.20. The number of aryl methyl sites for hydroxylation is 1. The van der Waals surface area contributed by atoms with Gasteiger partial charge in [0.1, 0.15) is 0 Å². The fourth-order valence-corrected chi connectivity index (χ4v) is 2.43. The molecule has 1 heterocycles. The van der Waals surface area contributed by atoms with Crippen molar-refractivity contribution < 1.29 is 9.52 Å². The Bertz CT molecular complexity index is 634. The quantitative estimate of drug-likeness (QED) is 0.536. The number of carbonyl (C=O) groups excluding carboxylic acids is 1. The zero-order valence-electron chi connectivity index (χ0n) is 10.8. The van der Waals surface area contributed by atoms with Crippen molar-refractivity contribution in [3.05, 3.63) is 58.4 Å². The third-order valence-corrected chi connectivity index (χ3v) is 4.02. The molecule has 0 atom stereocenters. The van der Waals surface area contributed by atoms with Gasteiger partial charge in [0.25, 0.3) is 5.03 Å². The minimum atomic E-state index is -0.182. The van der Waals surface area contributed by atoms with Crippen LogP contribution in [0.1, 0.15) is 5.56 Å². The van der Waals surface area contributed by atoms with Gasteiger partial charge in [0.2, 0.25) is 5.91 Å². The van der Waals surface area contributed by atoms with E-state index in [1.165, 1.54) is 18.0 Å². The smallest absolute Gasteiger partial charge is 0.251 e. The van der Waals surface area contributed by atoms with Crippen LogP contribution in [-0.4, -0.2) is 11.7 Å². The van der Waals surface area contributed by atoms with E-state index in [1.807, 2.05) is 13.0 Å². The molecular formula is C14H13ClN2O2S. The number of carbonyl (C=O) groups is 1. The molecule has 2 aromatic rings. The van der Waals surface area contributed by atoms with E-state index in [1.54, 1.807) is 30.3 Å². The van der Waals surface area contributed by atoms with Crippen LogP contribution < -0.4 is 10.0 Å².